The maximum Gasteiger partial charge on any atom is 0.221 e. The third-order valence-electron chi connectivity index (χ3n) is 4.21. The Balaban J connectivity index is 1.48. The minimum absolute atomic E-state index is 0.234. The first-order valence-corrected chi connectivity index (χ1v) is 8.48. The van der Waals surface area contributed by atoms with Gasteiger partial charge < -0.3 is 15.2 Å². The smallest absolute Gasteiger partial charge is 0.221 e. The molecular weight excluding hydrogens is 328 g/mol. The van der Waals surface area contributed by atoms with Crippen LogP contribution >= 0.6 is 0 Å². The summed E-state index contributed by atoms with van der Waals surface area (Å²) in [5.41, 5.74) is 10.9. The molecule has 3 aromatic rings. The summed E-state index contributed by atoms with van der Waals surface area (Å²) in [6, 6.07) is 16.4. The van der Waals surface area contributed by atoms with E-state index in [4.69, 9.17) is 15.2 Å². The fourth-order valence-electron chi connectivity index (χ4n) is 2.87. The van der Waals surface area contributed by atoms with Gasteiger partial charge in [0.1, 0.15) is 0 Å². The van der Waals surface area contributed by atoms with Gasteiger partial charge in [-0.15, -0.1) is 0 Å². The number of imidazole rings is 1. The van der Waals surface area contributed by atoms with Crippen molar-refractivity contribution in [1.82, 2.24) is 9.66 Å². The fraction of sp³-hybridized carbons (Fsp3) is 0.200. The van der Waals surface area contributed by atoms with E-state index in [1.165, 1.54) is 0 Å². The lowest BCUT2D eigenvalue weighted by atomic mass is 10.0. The van der Waals surface area contributed by atoms with E-state index in [1.807, 2.05) is 31.2 Å². The maximum absolute atomic E-state index is 5.78. The molecule has 1 fully saturated rings. The van der Waals surface area contributed by atoms with Crippen molar-refractivity contribution in [3.63, 3.8) is 0 Å². The normalized spacial score (nSPS) is 15.1. The van der Waals surface area contributed by atoms with Gasteiger partial charge in [-0.3, -0.25) is 0 Å². The van der Waals surface area contributed by atoms with E-state index in [1.54, 1.807) is 17.1 Å². The van der Waals surface area contributed by atoms with Crippen molar-refractivity contribution in [3.05, 3.63) is 71.5 Å². The van der Waals surface area contributed by atoms with Gasteiger partial charge in [0.05, 0.1) is 31.3 Å². The molecular formula is C20H20N4O2. The quantitative estimate of drug-likeness (QED) is 0.734. The van der Waals surface area contributed by atoms with Gasteiger partial charge in [-0.2, -0.15) is 5.10 Å². The van der Waals surface area contributed by atoms with Crippen LogP contribution in [0.5, 0.6) is 0 Å². The van der Waals surface area contributed by atoms with Crippen LogP contribution in [0.15, 0.2) is 59.8 Å². The molecule has 6 nitrogen and oxygen atoms in total. The second kappa shape index (κ2) is 7.11. The molecule has 0 aliphatic carbocycles. The largest absolute Gasteiger partial charge is 0.368 e. The van der Waals surface area contributed by atoms with Crippen LogP contribution in [0, 0.1) is 6.92 Å². The number of anilines is 1. The van der Waals surface area contributed by atoms with Gasteiger partial charge in [-0.05, 0) is 23.6 Å². The topological polar surface area (TPSA) is 74.7 Å². The number of rotatable bonds is 4. The average Bonchev–Trinajstić information content (AvgIpc) is 3.30. The number of benzene rings is 2. The van der Waals surface area contributed by atoms with E-state index in [0.29, 0.717) is 19.2 Å². The Hall–Kier alpha value is -2.96. The van der Waals surface area contributed by atoms with Crippen LogP contribution in [0.3, 0.4) is 0 Å². The van der Waals surface area contributed by atoms with Gasteiger partial charge in [0.2, 0.25) is 5.95 Å². The highest BCUT2D eigenvalue weighted by atomic mass is 16.7. The molecule has 1 aliphatic rings. The highest BCUT2D eigenvalue weighted by Gasteiger charge is 2.17. The number of hydrogen-bond donors (Lipinski definition) is 1. The number of aryl methyl sites for hydroxylation is 1. The van der Waals surface area contributed by atoms with Gasteiger partial charge in [-0.25, -0.2) is 9.66 Å². The van der Waals surface area contributed by atoms with Crippen molar-refractivity contribution in [3.8, 4) is 11.1 Å². The molecule has 0 radical (unpaired) electrons. The van der Waals surface area contributed by atoms with Crippen LogP contribution in [-0.2, 0) is 9.47 Å². The number of nitrogens with zero attached hydrogens (tertiary/aromatic N) is 3. The van der Waals surface area contributed by atoms with E-state index in [-0.39, 0.29) is 6.29 Å². The van der Waals surface area contributed by atoms with Gasteiger partial charge in [0, 0.05) is 5.56 Å². The van der Waals surface area contributed by atoms with Crippen molar-refractivity contribution in [1.29, 1.82) is 0 Å². The molecule has 0 atom stereocenters. The maximum atomic E-state index is 5.78. The van der Waals surface area contributed by atoms with Crippen molar-refractivity contribution in [2.24, 2.45) is 5.10 Å². The van der Waals surface area contributed by atoms with Gasteiger partial charge >= 0.3 is 0 Å². The molecule has 0 spiro atoms. The lowest BCUT2D eigenvalue weighted by molar-refractivity contribution is -0.0441. The number of aromatic nitrogens is 2. The molecule has 0 unspecified atom stereocenters. The molecule has 4 rings (SSSR count). The predicted molar refractivity (Wildman–Crippen MR) is 101 cm³/mol. The van der Waals surface area contributed by atoms with E-state index in [9.17, 15) is 0 Å². The Morgan fingerprint density at radius 1 is 1.04 bits per heavy atom. The molecule has 1 aliphatic heterocycles. The SMILES string of the molecule is Cc1cn(N=Cc2ccc(-c3ccc(C4OCCO4)cc3)cc2)c(N)n1. The van der Waals surface area contributed by atoms with E-state index in [0.717, 1.165) is 27.9 Å². The van der Waals surface area contributed by atoms with Crippen molar-refractivity contribution < 1.29 is 9.47 Å². The Morgan fingerprint density at radius 2 is 1.65 bits per heavy atom. The van der Waals surface area contributed by atoms with Crippen LogP contribution < -0.4 is 5.73 Å². The molecule has 2 N–H and O–H groups in total. The monoisotopic (exact) mass is 348 g/mol. The third kappa shape index (κ3) is 3.51. The molecule has 1 saturated heterocycles. The first kappa shape index (κ1) is 16.5. The van der Waals surface area contributed by atoms with Crippen LogP contribution in [-0.4, -0.2) is 29.1 Å². The zero-order chi connectivity index (χ0) is 17.9. The summed E-state index contributed by atoms with van der Waals surface area (Å²) < 4.78 is 12.6. The lowest BCUT2D eigenvalue weighted by Crippen LogP contribution is -1.97. The van der Waals surface area contributed by atoms with Crippen LogP contribution in [0.2, 0.25) is 0 Å². The molecule has 132 valence electrons. The Kier molecular flexibility index (Phi) is 4.51. The van der Waals surface area contributed by atoms with Gasteiger partial charge in [-0.1, -0.05) is 48.5 Å². The summed E-state index contributed by atoms with van der Waals surface area (Å²) in [7, 11) is 0. The van der Waals surface area contributed by atoms with E-state index in [2.05, 4.69) is 34.4 Å². The minimum atomic E-state index is -0.234. The first-order valence-electron chi connectivity index (χ1n) is 8.48. The number of nitrogens with two attached hydrogens (primary N) is 1. The van der Waals surface area contributed by atoms with Gasteiger partial charge in [0.25, 0.3) is 0 Å². The second-order valence-corrected chi connectivity index (χ2v) is 6.15. The summed E-state index contributed by atoms with van der Waals surface area (Å²) in [4.78, 5) is 4.12. The third-order valence-corrected chi connectivity index (χ3v) is 4.21. The first-order chi connectivity index (χ1) is 12.7. The summed E-state index contributed by atoms with van der Waals surface area (Å²) in [5, 5.41) is 4.33. The zero-order valence-corrected chi connectivity index (χ0v) is 14.5. The zero-order valence-electron chi connectivity index (χ0n) is 14.5. The second-order valence-electron chi connectivity index (χ2n) is 6.15. The van der Waals surface area contributed by atoms with Gasteiger partial charge in [0.15, 0.2) is 6.29 Å². The summed E-state index contributed by atoms with van der Waals surface area (Å²) in [6.07, 6.45) is 3.32. The number of nitrogen functional groups attached to an aromatic ring is 1. The number of ether oxygens (including phenoxy) is 2. The lowest BCUT2D eigenvalue weighted by Gasteiger charge is -2.10. The van der Waals surface area contributed by atoms with E-state index >= 15 is 0 Å². The van der Waals surface area contributed by atoms with Crippen LogP contribution in [0.1, 0.15) is 23.1 Å². The molecule has 2 aromatic carbocycles. The molecule has 26 heavy (non-hydrogen) atoms. The van der Waals surface area contributed by atoms with Crippen LogP contribution in [0.25, 0.3) is 11.1 Å². The highest BCUT2D eigenvalue weighted by molar-refractivity contribution is 5.81. The summed E-state index contributed by atoms with van der Waals surface area (Å²) in [6.45, 7) is 3.19. The summed E-state index contributed by atoms with van der Waals surface area (Å²) in [5.74, 6) is 0.380. The molecule has 1 aromatic heterocycles. The Bertz CT molecular complexity index is 908. The Labute approximate surface area is 151 Å². The van der Waals surface area contributed by atoms with Crippen molar-refractivity contribution in [2.75, 3.05) is 18.9 Å². The van der Waals surface area contributed by atoms with Crippen molar-refractivity contribution in [2.45, 2.75) is 13.2 Å². The molecule has 6 heteroatoms. The number of hydrogen-bond acceptors (Lipinski definition) is 5. The molecule has 0 amide bonds. The Morgan fingerprint density at radius 3 is 2.23 bits per heavy atom. The summed E-state index contributed by atoms with van der Waals surface area (Å²) >= 11 is 0. The van der Waals surface area contributed by atoms with E-state index < -0.39 is 0 Å². The minimum Gasteiger partial charge on any atom is -0.368 e. The van der Waals surface area contributed by atoms with Crippen LogP contribution in [0.4, 0.5) is 5.95 Å². The molecule has 0 saturated carbocycles. The predicted octanol–water partition coefficient (Wildman–Crippen LogP) is 3.37. The highest BCUT2D eigenvalue weighted by Crippen LogP contribution is 2.26. The fourth-order valence-corrected chi connectivity index (χ4v) is 2.87. The molecule has 0 bridgehead atoms. The molecule has 2 heterocycles. The van der Waals surface area contributed by atoms with Crippen molar-refractivity contribution >= 4 is 12.2 Å². The standard InChI is InChI=1S/C20H20N4O2/c1-14-13-24(20(21)23-14)22-12-15-2-4-16(5-3-15)17-6-8-18(9-7-17)19-25-10-11-26-19/h2-9,12-13,19H,10-11H2,1H3,(H2,21,23). The average molecular weight is 348 g/mol.